The molecule has 1 aliphatic heterocycles. The first-order valence-electron chi connectivity index (χ1n) is 8.25. The summed E-state index contributed by atoms with van der Waals surface area (Å²) < 4.78 is 0. The number of hydrogen-bond acceptors (Lipinski definition) is 5. The monoisotopic (exact) mass is 311 g/mol. The lowest BCUT2D eigenvalue weighted by molar-refractivity contribution is 0.285. The third kappa shape index (κ3) is 3.99. The first kappa shape index (κ1) is 15.7. The molecule has 2 aromatic rings. The van der Waals surface area contributed by atoms with Crippen molar-refractivity contribution in [3.63, 3.8) is 0 Å². The number of anilines is 2. The number of rotatable bonds is 3. The Kier molecular flexibility index (Phi) is 4.76. The maximum absolute atomic E-state index is 5.79. The van der Waals surface area contributed by atoms with Crippen molar-refractivity contribution in [1.82, 2.24) is 14.9 Å². The van der Waals surface area contributed by atoms with E-state index in [1.807, 2.05) is 13.0 Å². The summed E-state index contributed by atoms with van der Waals surface area (Å²) in [6.07, 6.45) is 1.13. The average molecular weight is 311 g/mol. The maximum atomic E-state index is 5.79. The second-order valence-electron chi connectivity index (χ2n) is 6.27. The Morgan fingerprint density at radius 3 is 2.65 bits per heavy atom. The van der Waals surface area contributed by atoms with Gasteiger partial charge < -0.3 is 10.6 Å². The fourth-order valence-corrected chi connectivity index (χ4v) is 3.12. The van der Waals surface area contributed by atoms with Gasteiger partial charge in [-0.3, -0.25) is 4.90 Å². The summed E-state index contributed by atoms with van der Waals surface area (Å²) in [4.78, 5) is 13.4. The Hall–Kier alpha value is -2.14. The van der Waals surface area contributed by atoms with Crippen molar-refractivity contribution in [2.24, 2.45) is 0 Å². The van der Waals surface area contributed by atoms with Crippen LogP contribution >= 0.6 is 0 Å². The number of aryl methyl sites for hydroxylation is 2. The molecule has 1 fully saturated rings. The summed E-state index contributed by atoms with van der Waals surface area (Å²) >= 11 is 0. The summed E-state index contributed by atoms with van der Waals surface area (Å²) in [5.74, 6) is 1.31. The Morgan fingerprint density at radius 1 is 1.04 bits per heavy atom. The second-order valence-corrected chi connectivity index (χ2v) is 6.27. The van der Waals surface area contributed by atoms with Gasteiger partial charge in [-0.25, -0.2) is 4.98 Å². The van der Waals surface area contributed by atoms with Gasteiger partial charge in [-0.1, -0.05) is 24.3 Å². The molecule has 0 amide bonds. The predicted molar refractivity (Wildman–Crippen MR) is 94.5 cm³/mol. The molecule has 3 rings (SSSR count). The van der Waals surface area contributed by atoms with Crippen LogP contribution in [-0.4, -0.2) is 41.0 Å². The first-order chi connectivity index (χ1) is 11.1. The highest BCUT2D eigenvalue weighted by Crippen LogP contribution is 2.17. The fraction of sp³-hybridized carbons (Fsp3) is 0.444. The van der Waals surface area contributed by atoms with Crippen LogP contribution in [0.4, 0.5) is 11.8 Å². The SMILES string of the molecule is Cc1cc(N2CCCN(Cc3ccccc3C)CC2)nc(N)n1. The Bertz CT molecular complexity index is 650. The molecular weight excluding hydrogens is 286 g/mol. The molecule has 2 heterocycles. The molecule has 5 nitrogen and oxygen atoms in total. The first-order valence-corrected chi connectivity index (χ1v) is 8.25. The molecule has 5 heteroatoms. The summed E-state index contributed by atoms with van der Waals surface area (Å²) in [6.45, 7) is 9.31. The van der Waals surface area contributed by atoms with Gasteiger partial charge in [-0.05, 0) is 31.4 Å². The van der Waals surface area contributed by atoms with E-state index in [1.54, 1.807) is 0 Å². The lowest BCUT2D eigenvalue weighted by atomic mass is 10.1. The molecule has 0 unspecified atom stereocenters. The molecule has 2 N–H and O–H groups in total. The van der Waals surface area contributed by atoms with Crippen LogP contribution in [0.3, 0.4) is 0 Å². The van der Waals surface area contributed by atoms with Crippen molar-refractivity contribution in [3.8, 4) is 0 Å². The third-order valence-corrected chi connectivity index (χ3v) is 4.43. The topological polar surface area (TPSA) is 58.3 Å². The zero-order chi connectivity index (χ0) is 16.2. The number of nitrogens with two attached hydrogens (primary N) is 1. The van der Waals surface area contributed by atoms with Gasteiger partial charge in [0.2, 0.25) is 5.95 Å². The zero-order valence-corrected chi connectivity index (χ0v) is 14.0. The van der Waals surface area contributed by atoms with E-state index in [0.29, 0.717) is 5.95 Å². The quantitative estimate of drug-likeness (QED) is 0.943. The van der Waals surface area contributed by atoms with Crippen molar-refractivity contribution in [1.29, 1.82) is 0 Å². The van der Waals surface area contributed by atoms with Gasteiger partial charge >= 0.3 is 0 Å². The Morgan fingerprint density at radius 2 is 1.87 bits per heavy atom. The minimum absolute atomic E-state index is 0.362. The molecule has 0 atom stereocenters. The van der Waals surface area contributed by atoms with Crippen molar-refractivity contribution < 1.29 is 0 Å². The highest BCUT2D eigenvalue weighted by molar-refractivity contribution is 5.43. The minimum atomic E-state index is 0.362. The number of nitrogen functional groups attached to an aromatic ring is 1. The van der Waals surface area contributed by atoms with Crippen molar-refractivity contribution in [3.05, 3.63) is 47.2 Å². The summed E-state index contributed by atoms with van der Waals surface area (Å²) in [7, 11) is 0. The molecule has 122 valence electrons. The van der Waals surface area contributed by atoms with Crippen LogP contribution in [0.15, 0.2) is 30.3 Å². The predicted octanol–water partition coefficient (Wildman–Crippen LogP) is 2.39. The largest absolute Gasteiger partial charge is 0.368 e. The van der Waals surface area contributed by atoms with E-state index >= 15 is 0 Å². The molecule has 0 spiro atoms. The van der Waals surface area contributed by atoms with Gasteiger partial charge in [0.15, 0.2) is 0 Å². The van der Waals surface area contributed by atoms with Crippen LogP contribution in [0.25, 0.3) is 0 Å². The van der Waals surface area contributed by atoms with Crippen molar-refractivity contribution in [2.45, 2.75) is 26.8 Å². The van der Waals surface area contributed by atoms with Gasteiger partial charge in [0.05, 0.1) is 0 Å². The van der Waals surface area contributed by atoms with Gasteiger partial charge in [-0.2, -0.15) is 4.98 Å². The molecule has 0 saturated carbocycles. The normalized spacial score (nSPS) is 16.3. The lowest BCUT2D eigenvalue weighted by Gasteiger charge is -2.23. The summed E-state index contributed by atoms with van der Waals surface area (Å²) in [6, 6.07) is 10.7. The van der Waals surface area contributed by atoms with Crippen LogP contribution in [0.1, 0.15) is 23.2 Å². The van der Waals surface area contributed by atoms with Crippen LogP contribution in [0, 0.1) is 13.8 Å². The summed E-state index contributed by atoms with van der Waals surface area (Å²) in [5, 5.41) is 0. The second kappa shape index (κ2) is 6.96. The van der Waals surface area contributed by atoms with E-state index in [9.17, 15) is 0 Å². The Balaban J connectivity index is 1.66. The fourth-order valence-electron chi connectivity index (χ4n) is 3.12. The molecule has 1 aliphatic rings. The molecule has 0 aliphatic carbocycles. The number of aromatic nitrogens is 2. The minimum Gasteiger partial charge on any atom is -0.368 e. The average Bonchev–Trinajstić information content (AvgIpc) is 2.74. The van der Waals surface area contributed by atoms with E-state index in [0.717, 1.165) is 50.7 Å². The van der Waals surface area contributed by atoms with Gasteiger partial charge in [-0.15, -0.1) is 0 Å². The summed E-state index contributed by atoms with van der Waals surface area (Å²) in [5.41, 5.74) is 9.50. The van der Waals surface area contributed by atoms with Gasteiger partial charge in [0.25, 0.3) is 0 Å². The van der Waals surface area contributed by atoms with Gasteiger partial charge in [0.1, 0.15) is 5.82 Å². The number of nitrogens with zero attached hydrogens (tertiary/aromatic N) is 4. The third-order valence-electron chi connectivity index (χ3n) is 4.43. The van der Waals surface area contributed by atoms with Crippen molar-refractivity contribution >= 4 is 11.8 Å². The van der Waals surface area contributed by atoms with E-state index in [4.69, 9.17) is 5.73 Å². The van der Waals surface area contributed by atoms with E-state index in [2.05, 4.69) is 51.0 Å². The molecule has 0 bridgehead atoms. The number of hydrogen-bond donors (Lipinski definition) is 1. The van der Waals surface area contributed by atoms with Crippen LogP contribution in [0.2, 0.25) is 0 Å². The molecule has 23 heavy (non-hydrogen) atoms. The van der Waals surface area contributed by atoms with Crippen LogP contribution < -0.4 is 10.6 Å². The van der Waals surface area contributed by atoms with Crippen molar-refractivity contribution in [2.75, 3.05) is 36.8 Å². The highest BCUT2D eigenvalue weighted by atomic mass is 15.3. The van der Waals surface area contributed by atoms with Crippen LogP contribution in [-0.2, 0) is 6.54 Å². The van der Waals surface area contributed by atoms with E-state index in [-0.39, 0.29) is 0 Å². The highest BCUT2D eigenvalue weighted by Gasteiger charge is 2.17. The molecule has 1 aromatic carbocycles. The van der Waals surface area contributed by atoms with Gasteiger partial charge in [0, 0.05) is 44.5 Å². The maximum Gasteiger partial charge on any atom is 0.222 e. The van der Waals surface area contributed by atoms with E-state index in [1.165, 1.54) is 11.1 Å². The Labute approximate surface area is 138 Å². The smallest absolute Gasteiger partial charge is 0.222 e. The molecular formula is C18H25N5. The lowest BCUT2D eigenvalue weighted by Crippen LogP contribution is -2.31. The number of benzene rings is 1. The molecule has 1 saturated heterocycles. The van der Waals surface area contributed by atoms with E-state index < -0.39 is 0 Å². The standard InChI is InChI=1S/C18H25N5/c1-14-6-3-4-7-16(14)13-22-8-5-9-23(11-10-22)17-12-15(2)20-18(19)21-17/h3-4,6-7,12H,5,8-11,13H2,1-2H3,(H2,19,20,21). The molecule has 0 radical (unpaired) electrons. The zero-order valence-electron chi connectivity index (χ0n) is 14.0. The molecule has 1 aromatic heterocycles. The van der Waals surface area contributed by atoms with Crippen LogP contribution in [0.5, 0.6) is 0 Å².